The van der Waals surface area contributed by atoms with Crippen molar-refractivity contribution in [2.75, 3.05) is 13.2 Å². The fraction of sp³-hybridized carbons (Fsp3) is 0.615. The number of pyridine rings is 1. The average molecular weight is 222 g/mol. The fourth-order valence-electron chi connectivity index (χ4n) is 1.41. The first-order chi connectivity index (χ1) is 7.88. The van der Waals surface area contributed by atoms with Crippen LogP contribution in [0.1, 0.15) is 38.7 Å². The van der Waals surface area contributed by atoms with Crippen molar-refractivity contribution in [3.63, 3.8) is 0 Å². The van der Waals surface area contributed by atoms with Crippen molar-refractivity contribution in [1.29, 1.82) is 0 Å². The molecule has 0 bridgehead atoms. The molecule has 0 aliphatic heterocycles. The molecule has 0 aliphatic carbocycles. The van der Waals surface area contributed by atoms with E-state index in [1.54, 1.807) is 6.20 Å². The monoisotopic (exact) mass is 222 g/mol. The van der Waals surface area contributed by atoms with Crippen LogP contribution in [0.15, 0.2) is 18.5 Å². The molecule has 0 aliphatic rings. The first-order valence-corrected chi connectivity index (χ1v) is 6.14. The summed E-state index contributed by atoms with van der Waals surface area (Å²) in [7, 11) is 0. The molecule has 0 radical (unpaired) electrons. The number of nitrogens with one attached hydrogen (secondary N) is 1. The molecule has 0 unspecified atom stereocenters. The average Bonchev–Trinajstić information content (AvgIpc) is 2.32. The van der Waals surface area contributed by atoms with Crippen molar-refractivity contribution >= 4 is 0 Å². The second-order valence-corrected chi connectivity index (χ2v) is 3.86. The molecule has 1 aromatic rings. The largest absolute Gasteiger partial charge is 0.493 e. The minimum atomic E-state index is 0.793. The number of hydrogen-bond donors (Lipinski definition) is 1. The van der Waals surface area contributed by atoms with Gasteiger partial charge in [0.1, 0.15) is 5.75 Å². The van der Waals surface area contributed by atoms with Crippen LogP contribution in [0.4, 0.5) is 0 Å². The van der Waals surface area contributed by atoms with Gasteiger partial charge >= 0.3 is 0 Å². The van der Waals surface area contributed by atoms with Crippen LogP contribution in [0.25, 0.3) is 0 Å². The van der Waals surface area contributed by atoms with Crippen molar-refractivity contribution in [2.45, 2.75) is 39.7 Å². The number of rotatable bonds is 8. The lowest BCUT2D eigenvalue weighted by Crippen LogP contribution is -2.15. The van der Waals surface area contributed by atoms with E-state index < -0.39 is 0 Å². The highest BCUT2D eigenvalue weighted by Gasteiger charge is 2.02. The van der Waals surface area contributed by atoms with Crippen LogP contribution in [-0.4, -0.2) is 18.1 Å². The number of hydrogen-bond acceptors (Lipinski definition) is 3. The molecule has 0 saturated carbocycles. The Labute approximate surface area is 98.2 Å². The summed E-state index contributed by atoms with van der Waals surface area (Å²) in [6, 6.07) is 1.94. The Morgan fingerprint density at radius 1 is 1.31 bits per heavy atom. The molecular weight excluding hydrogens is 200 g/mol. The zero-order chi connectivity index (χ0) is 11.6. The summed E-state index contributed by atoms with van der Waals surface area (Å²) in [5, 5.41) is 3.36. The molecule has 3 nitrogen and oxygen atoms in total. The smallest absolute Gasteiger partial charge is 0.126 e. The number of ether oxygens (including phenoxy) is 1. The standard InChI is InChI=1S/C13H22N2O/c1-3-5-9-16-13-6-8-15-11-12(13)10-14-7-4-2/h6,8,11,14H,3-5,7,9-10H2,1-2H3. The maximum Gasteiger partial charge on any atom is 0.126 e. The van der Waals surface area contributed by atoms with Gasteiger partial charge in [0, 0.05) is 24.5 Å². The SMILES string of the molecule is CCCCOc1ccncc1CNCCC. The molecule has 0 fully saturated rings. The van der Waals surface area contributed by atoms with Crippen LogP contribution in [0, 0.1) is 0 Å². The maximum atomic E-state index is 5.73. The lowest BCUT2D eigenvalue weighted by atomic mass is 10.2. The third kappa shape index (κ3) is 4.62. The first-order valence-electron chi connectivity index (χ1n) is 6.14. The van der Waals surface area contributed by atoms with Crippen LogP contribution in [0.3, 0.4) is 0 Å². The van der Waals surface area contributed by atoms with Gasteiger partial charge in [0.25, 0.3) is 0 Å². The summed E-state index contributed by atoms with van der Waals surface area (Å²) in [6.45, 7) is 6.99. The van der Waals surface area contributed by atoms with E-state index in [9.17, 15) is 0 Å². The van der Waals surface area contributed by atoms with Crippen molar-refractivity contribution < 1.29 is 4.74 Å². The molecule has 16 heavy (non-hydrogen) atoms. The van der Waals surface area contributed by atoms with Gasteiger partial charge in [-0.15, -0.1) is 0 Å². The molecule has 0 atom stereocenters. The number of unbranched alkanes of at least 4 members (excludes halogenated alkanes) is 1. The number of aromatic nitrogens is 1. The summed E-state index contributed by atoms with van der Waals surface area (Å²) in [5.41, 5.74) is 1.15. The third-order valence-corrected chi connectivity index (χ3v) is 2.36. The molecule has 1 heterocycles. The molecule has 1 rings (SSSR count). The second kappa shape index (κ2) is 8.11. The summed E-state index contributed by atoms with van der Waals surface area (Å²) in [6.07, 6.45) is 7.07. The highest BCUT2D eigenvalue weighted by molar-refractivity contribution is 5.29. The van der Waals surface area contributed by atoms with Gasteiger partial charge < -0.3 is 10.1 Å². The van der Waals surface area contributed by atoms with Gasteiger partial charge in [-0.1, -0.05) is 20.3 Å². The van der Waals surface area contributed by atoms with E-state index in [0.29, 0.717) is 0 Å². The van der Waals surface area contributed by atoms with E-state index in [1.165, 1.54) is 0 Å². The van der Waals surface area contributed by atoms with E-state index in [0.717, 1.165) is 50.3 Å². The predicted octanol–water partition coefficient (Wildman–Crippen LogP) is 2.76. The van der Waals surface area contributed by atoms with Crippen molar-refractivity contribution in [1.82, 2.24) is 10.3 Å². The summed E-state index contributed by atoms with van der Waals surface area (Å²) < 4.78 is 5.73. The lowest BCUT2D eigenvalue weighted by Gasteiger charge is -2.10. The van der Waals surface area contributed by atoms with Gasteiger partial charge in [-0.2, -0.15) is 0 Å². The van der Waals surface area contributed by atoms with Crippen molar-refractivity contribution in [3.05, 3.63) is 24.0 Å². The minimum Gasteiger partial charge on any atom is -0.493 e. The summed E-state index contributed by atoms with van der Waals surface area (Å²) >= 11 is 0. The van der Waals surface area contributed by atoms with Gasteiger partial charge in [-0.05, 0) is 25.5 Å². The van der Waals surface area contributed by atoms with Gasteiger partial charge in [0.15, 0.2) is 0 Å². The van der Waals surface area contributed by atoms with Crippen LogP contribution < -0.4 is 10.1 Å². The Bertz CT molecular complexity index is 260. The van der Waals surface area contributed by atoms with E-state index in [2.05, 4.69) is 24.1 Å². The summed E-state index contributed by atoms with van der Waals surface area (Å²) in [5.74, 6) is 0.965. The van der Waals surface area contributed by atoms with Crippen LogP contribution >= 0.6 is 0 Å². The Kier molecular flexibility index (Phi) is 6.58. The van der Waals surface area contributed by atoms with Gasteiger partial charge in [0.2, 0.25) is 0 Å². The molecule has 0 amide bonds. The highest BCUT2D eigenvalue weighted by Crippen LogP contribution is 2.16. The quantitative estimate of drug-likeness (QED) is 0.687. The highest BCUT2D eigenvalue weighted by atomic mass is 16.5. The zero-order valence-electron chi connectivity index (χ0n) is 10.3. The van der Waals surface area contributed by atoms with Gasteiger partial charge in [-0.25, -0.2) is 0 Å². The molecule has 3 heteroatoms. The minimum absolute atomic E-state index is 0.793. The van der Waals surface area contributed by atoms with Crippen molar-refractivity contribution in [3.8, 4) is 5.75 Å². The molecule has 0 spiro atoms. The zero-order valence-corrected chi connectivity index (χ0v) is 10.3. The van der Waals surface area contributed by atoms with Gasteiger partial charge in [-0.3, -0.25) is 4.98 Å². The molecule has 90 valence electrons. The van der Waals surface area contributed by atoms with Crippen LogP contribution in [-0.2, 0) is 6.54 Å². The van der Waals surface area contributed by atoms with Gasteiger partial charge in [0.05, 0.1) is 6.61 Å². The Balaban J connectivity index is 2.46. The van der Waals surface area contributed by atoms with Crippen LogP contribution in [0.5, 0.6) is 5.75 Å². The third-order valence-electron chi connectivity index (χ3n) is 2.36. The van der Waals surface area contributed by atoms with Crippen LogP contribution in [0.2, 0.25) is 0 Å². The number of nitrogens with zero attached hydrogens (tertiary/aromatic N) is 1. The topological polar surface area (TPSA) is 34.1 Å². The van der Waals surface area contributed by atoms with E-state index in [-0.39, 0.29) is 0 Å². The molecule has 0 saturated heterocycles. The van der Waals surface area contributed by atoms with Crippen molar-refractivity contribution in [2.24, 2.45) is 0 Å². The lowest BCUT2D eigenvalue weighted by molar-refractivity contribution is 0.305. The Morgan fingerprint density at radius 3 is 2.94 bits per heavy atom. The maximum absolute atomic E-state index is 5.73. The Morgan fingerprint density at radius 2 is 2.19 bits per heavy atom. The second-order valence-electron chi connectivity index (χ2n) is 3.86. The fourth-order valence-corrected chi connectivity index (χ4v) is 1.41. The summed E-state index contributed by atoms with van der Waals surface area (Å²) in [4.78, 5) is 4.13. The van der Waals surface area contributed by atoms with E-state index >= 15 is 0 Å². The normalized spacial score (nSPS) is 10.4. The molecule has 1 N–H and O–H groups in total. The molecular formula is C13H22N2O. The Hall–Kier alpha value is -1.09. The first kappa shape index (κ1) is 13.0. The van der Waals surface area contributed by atoms with E-state index in [1.807, 2.05) is 12.3 Å². The van der Waals surface area contributed by atoms with E-state index in [4.69, 9.17) is 4.74 Å². The molecule has 0 aromatic carbocycles. The predicted molar refractivity (Wildman–Crippen MR) is 66.6 cm³/mol. The molecule has 1 aromatic heterocycles.